The minimum Gasteiger partial charge on any atom is -0.353 e. The molecule has 0 spiro atoms. The van der Waals surface area contributed by atoms with E-state index < -0.39 is 0 Å². The van der Waals surface area contributed by atoms with Gasteiger partial charge in [-0.15, -0.1) is 0 Å². The topological polar surface area (TPSA) is 74.8 Å². The molecule has 1 saturated carbocycles. The molecule has 0 aliphatic heterocycles. The number of rotatable bonds is 5. The van der Waals surface area contributed by atoms with E-state index in [4.69, 9.17) is 0 Å². The Morgan fingerprint density at radius 2 is 2.26 bits per heavy atom. The van der Waals surface area contributed by atoms with Gasteiger partial charge < -0.3 is 10.3 Å². The van der Waals surface area contributed by atoms with Gasteiger partial charge in [0.1, 0.15) is 0 Å². The minimum absolute atomic E-state index is 0.0152. The number of nitrogens with one attached hydrogen (secondary N) is 2. The van der Waals surface area contributed by atoms with Crippen LogP contribution < -0.4 is 10.9 Å². The molecule has 2 rings (SSSR count). The SMILES string of the molecule is CCc1cc(=O)[nH]c(SCC(=O)NC2CCCC2)n1. The van der Waals surface area contributed by atoms with E-state index in [1.807, 2.05) is 6.92 Å². The quantitative estimate of drug-likeness (QED) is 0.633. The lowest BCUT2D eigenvalue weighted by molar-refractivity contribution is -0.119. The number of amides is 1. The van der Waals surface area contributed by atoms with Crippen molar-refractivity contribution < 1.29 is 4.79 Å². The maximum Gasteiger partial charge on any atom is 0.251 e. The average Bonchev–Trinajstić information content (AvgIpc) is 2.88. The molecule has 1 aromatic heterocycles. The zero-order valence-electron chi connectivity index (χ0n) is 11.1. The predicted molar refractivity (Wildman–Crippen MR) is 75.4 cm³/mol. The number of aryl methyl sites for hydroxylation is 1. The van der Waals surface area contributed by atoms with Crippen molar-refractivity contribution in [3.63, 3.8) is 0 Å². The molecule has 1 heterocycles. The molecule has 2 N–H and O–H groups in total. The fourth-order valence-corrected chi connectivity index (χ4v) is 2.91. The molecular weight excluding hydrogens is 262 g/mol. The largest absolute Gasteiger partial charge is 0.353 e. The molecule has 1 aliphatic rings. The first-order valence-corrected chi connectivity index (χ1v) is 7.68. The van der Waals surface area contributed by atoms with Crippen LogP contribution in [-0.2, 0) is 11.2 Å². The van der Waals surface area contributed by atoms with Crippen LogP contribution in [0.25, 0.3) is 0 Å². The van der Waals surface area contributed by atoms with Gasteiger partial charge in [-0.1, -0.05) is 31.5 Å². The van der Waals surface area contributed by atoms with E-state index in [0.29, 0.717) is 23.4 Å². The van der Waals surface area contributed by atoms with Crippen molar-refractivity contribution in [3.8, 4) is 0 Å². The van der Waals surface area contributed by atoms with E-state index in [-0.39, 0.29) is 11.5 Å². The Hall–Kier alpha value is -1.30. The van der Waals surface area contributed by atoms with Crippen LogP contribution >= 0.6 is 11.8 Å². The first-order valence-electron chi connectivity index (χ1n) is 6.69. The van der Waals surface area contributed by atoms with Crippen LogP contribution in [0.15, 0.2) is 16.0 Å². The number of carbonyl (C=O) groups is 1. The first-order chi connectivity index (χ1) is 9.17. The van der Waals surface area contributed by atoms with Gasteiger partial charge in [0.2, 0.25) is 5.91 Å². The Morgan fingerprint density at radius 1 is 1.53 bits per heavy atom. The highest BCUT2D eigenvalue weighted by atomic mass is 32.2. The van der Waals surface area contributed by atoms with Crippen LogP contribution in [-0.4, -0.2) is 27.7 Å². The number of aromatic amines is 1. The third-order valence-corrected chi connectivity index (χ3v) is 4.07. The van der Waals surface area contributed by atoms with Gasteiger partial charge in [-0.05, 0) is 19.3 Å². The number of hydrogen-bond donors (Lipinski definition) is 2. The standard InChI is InChI=1S/C13H19N3O2S/c1-2-9-7-11(17)16-13(15-9)19-8-12(18)14-10-5-3-4-6-10/h7,10H,2-6,8H2,1H3,(H,14,18)(H,15,16,17). The van der Waals surface area contributed by atoms with E-state index in [2.05, 4.69) is 15.3 Å². The number of H-pyrrole nitrogens is 1. The Kier molecular flexibility index (Phi) is 5.01. The second-order valence-corrected chi connectivity index (χ2v) is 5.70. The van der Waals surface area contributed by atoms with Crippen molar-refractivity contribution in [3.05, 3.63) is 22.1 Å². The molecule has 19 heavy (non-hydrogen) atoms. The van der Waals surface area contributed by atoms with Crippen molar-refractivity contribution >= 4 is 17.7 Å². The molecular formula is C13H19N3O2S. The summed E-state index contributed by atoms with van der Waals surface area (Å²) in [6, 6.07) is 1.82. The molecule has 0 saturated heterocycles. The number of aromatic nitrogens is 2. The highest BCUT2D eigenvalue weighted by Crippen LogP contribution is 2.18. The lowest BCUT2D eigenvalue weighted by Crippen LogP contribution is -2.33. The third-order valence-electron chi connectivity index (χ3n) is 3.20. The summed E-state index contributed by atoms with van der Waals surface area (Å²) >= 11 is 1.28. The summed E-state index contributed by atoms with van der Waals surface area (Å²) in [7, 11) is 0. The summed E-state index contributed by atoms with van der Waals surface area (Å²) in [5.41, 5.74) is 0.591. The van der Waals surface area contributed by atoms with Crippen LogP contribution in [0.5, 0.6) is 0 Å². The predicted octanol–water partition coefficient (Wildman–Crippen LogP) is 1.48. The van der Waals surface area contributed by atoms with Crippen molar-refractivity contribution in [2.75, 3.05) is 5.75 Å². The van der Waals surface area contributed by atoms with Crippen molar-refractivity contribution in [2.45, 2.75) is 50.2 Å². The summed E-state index contributed by atoms with van der Waals surface area (Å²) in [5, 5.41) is 3.53. The molecule has 1 aliphatic carbocycles. The van der Waals surface area contributed by atoms with Gasteiger partial charge in [0.25, 0.3) is 5.56 Å². The second-order valence-electron chi connectivity index (χ2n) is 4.73. The molecule has 5 nitrogen and oxygen atoms in total. The molecule has 1 aromatic rings. The summed E-state index contributed by atoms with van der Waals surface area (Å²) in [4.78, 5) is 30.1. The van der Waals surface area contributed by atoms with Crippen molar-refractivity contribution in [2.24, 2.45) is 0 Å². The van der Waals surface area contributed by atoms with Gasteiger partial charge in [-0.25, -0.2) is 4.98 Å². The summed E-state index contributed by atoms with van der Waals surface area (Å²) in [5.74, 6) is 0.313. The van der Waals surface area contributed by atoms with Gasteiger partial charge in [-0.2, -0.15) is 0 Å². The Balaban J connectivity index is 1.85. The van der Waals surface area contributed by atoms with Gasteiger partial charge >= 0.3 is 0 Å². The summed E-state index contributed by atoms with van der Waals surface area (Å²) in [6.07, 6.45) is 5.27. The number of hydrogen-bond acceptors (Lipinski definition) is 4. The highest BCUT2D eigenvalue weighted by Gasteiger charge is 2.17. The molecule has 104 valence electrons. The summed E-state index contributed by atoms with van der Waals surface area (Å²) < 4.78 is 0. The number of thioether (sulfide) groups is 1. The van der Waals surface area contributed by atoms with E-state index in [1.165, 1.54) is 30.7 Å². The average molecular weight is 281 g/mol. The molecule has 1 amide bonds. The first kappa shape index (κ1) is 14.1. The van der Waals surface area contributed by atoms with Crippen LogP contribution in [0.4, 0.5) is 0 Å². The molecule has 0 radical (unpaired) electrons. The lowest BCUT2D eigenvalue weighted by Gasteiger charge is -2.11. The van der Waals surface area contributed by atoms with Gasteiger partial charge in [0, 0.05) is 17.8 Å². The monoisotopic (exact) mass is 281 g/mol. The Morgan fingerprint density at radius 3 is 2.95 bits per heavy atom. The second kappa shape index (κ2) is 6.75. The fraction of sp³-hybridized carbons (Fsp3) is 0.615. The number of carbonyl (C=O) groups excluding carboxylic acids is 1. The maximum atomic E-state index is 11.8. The third kappa shape index (κ3) is 4.38. The van der Waals surface area contributed by atoms with E-state index in [9.17, 15) is 9.59 Å². The van der Waals surface area contributed by atoms with Gasteiger partial charge in [0.15, 0.2) is 5.16 Å². The number of nitrogens with zero attached hydrogens (tertiary/aromatic N) is 1. The normalized spacial score (nSPS) is 15.6. The highest BCUT2D eigenvalue weighted by molar-refractivity contribution is 7.99. The molecule has 1 fully saturated rings. The van der Waals surface area contributed by atoms with Gasteiger partial charge in [-0.3, -0.25) is 9.59 Å². The van der Waals surface area contributed by atoms with Crippen LogP contribution in [0.3, 0.4) is 0 Å². The lowest BCUT2D eigenvalue weighted by atomic mass is 10.2. The van der Waals surface area contributed by atoms with E-state index in [0.717, 1.165) is 18.5 Å². The fourth-order valence-electron chi connectivity index (χ4n) is 2.21. The maximum absolute atomic E-state index is 11.8. The molecule has 0 atom stereocenters. The smallest absolute Gasteiger partial charge is 0.251 e. The van der Waals surface area contributed by atoms with Crippen molar-refractivity contribution in [1.82, 2.24) is 15.3 Å². The van der Waals surface area contributed by atoms with E-state index >= 15 is 0 Å². The Bertz CT molecular complexity index is 495. The minimum atomic E-state index is -0.162. The zero-order chi connectivity index (χ0) is 13.7. The molecule has 6 heteroatoms. The van der Waals surface area contributed by atoms with Crippen LogP contribution in [0, 0.1) is 0 Å². The molecule has 0 unspecified atom stereocenters. The van der Waals surface area contributed by atoms with Crippen LogP contribution in [0.2, 0.25) is 0 Å². The van der Waals surface area contributed by atoms with Crippen LogP contribution in [0.1, 0.15) is 38.3 Å². The zero-order valence-corrected chi connectivity index (χ0v) is 11.9. The Labute approximate surface area is 116 Å². The van der Waals surface area contributed by atoms with Gasteiger partial charge in [0.05, 0.1) is 5.75 Å². The van der Waals surface area contributed by atoms with Crippen molar-refractivity contribution in [1.29, 1.82) is 0 Å². The summed E-state index contributed by atoms with van der Waals surface area (Å²) in [6.45, 7) is 1.95. The molecule has 0 aromatic carbocycles. The molecule has 0 bridgehead atoms. The van der Waals surface area contributed by atoms with E-state index in [1.54, 1.807) is 0 Å².